The maximum atomic E-state index is 13.3. The molecule has 1 aliphatic rings. The predicted octanol–water partition coefficient (Wildman–Crippen LogP) is 5.38. The maximum absolute atomic E-state index is 13.3. The molecule has 0 aromatic heterocycles. The number of carbonyl (C=O) groups is 1. The van der Waals surface area contributed by atoms with E-state index in [4.69, 9.17) is 9.84 Å². The van der Waals surface area contributed by atoms with Crippen molar-refractivity contribution in [2.24, 2.45) is 11.8 Å². The summed E-state index contributed by atoms with van der Waals surface area (Å²) in [5.74, 6) is -1.87. The topological polar surface area (TPSA) is 70.0 Å². The van der Waals surface area contributed by atoms with Crippen LogP contribution in [-0.2, 0) is 23.7 Å². The summed E-state index contributed by atoms with van der Waals surface area (Å²) < 4.78 is 84.8. The molecule has 1 fully saturated rings. The second-order valence-electron chi connectivity index (χ2n) is 8.79. The number of hydrogen-bond donors (Lipinski definition) is 2. The third-order valence-electron chi connectivity index (χ3n) is 6.17. The molecule has 3 atom stereocenters. The molecule has 2 N–H and O–H groups in total. The lowest BCUT2D eigenvalue weighted by atomic mass is 9.92. The van der Waals surface area contributed by atoms with E-state index < -0.39 is 47.0 Å². The van der Waals surface area contributed by atoms with Gasteiger partial charge in [0.05, 0.1) is 23.1 Å². The predicted molar refractivity (Wildman–Crippen MR) is 114 cm³/mol. The van der Waals surface area contributed by atoms with Gasteiger partial charge in [-0.15, -0.1) is 0 Å². The number of likely N-dealkylation sites (tertiary alicyclic amines) is 1. The lowest BCUT2D eigenvalue weighted by Crippen LogP contribution is -2.52. The van der Waals surface area contributed by atoms with Crippen molar-refractivity contribution < 1.29 is 46.1 Å². The van der Waals surface area contributed by atoms with Crippen LogP contribution in [0.3, 0.4) is 0 Å². The SMILES string of the molecule is CC(Oc1cccc([C@H](O)[C@H](C)C(=O)O)c1)C1CN(Cc2cc(C(F)(F)F)ccc2C(F)(F)F)C1. The molecular weight excluding hydrogens is 480 g/mol. The molecular formula is C24H25F6NO4. The molecule has 0 aliphatic carbocycles. The first-order chi connectivity index (χ1) is 16.2. The minimum atomic E-state index is -4.77. The number of alkyl halides is 6. The monoisotopic (exact) mass is 505 g/mol. The van der Waals surface area contributed by atoms with Crippen LogP contribution in [0, 0.1) is 11.8 Å². The number of aliphatic hydroxyl groups excluding tert-OH is 1. The lowest BCUT2D eigenvalue weighted by Gasteiger charge is -2.42. The summed E-state index contributed by atoms with van der Waals surface area (Å²) in [7, 11) is 0. The highest BCUT2D eigenvalue weighted by molar-refractivity contribution is 5.70. The zero-order chi connectivity index (χ0) is 26.1. The first kappa shape index (κ1) is 26.8. The minimum absolute atomic E-state index is 0.0818. The molecule has 192 valence electrons. The van der Waals surface area contributed by atoms with Crippen LogP contribution >= 0.6 is 0 Å². The fraction of sp³-hybridized carbons (Fsp3) is 0.458. The molecule has 3 rings (SSSR count). The highest BCUT2D eigenvalue weighted by Crippen LogP contribution is 2.38. The van der Waals surface area contributed by atoms with Gasteiger partial charge in [0, 0.05) is 25.6 Å². The standard InChI is InChI=1S/C24H25F6NO4/c1-13(22(33)34)21(32)15-4-3-5-19(9-15)35-14(2)17-11-31(12-17)10-16-8-18(23(25,26)27)6-7-20(16)24(28,29)30/h3-9,13-14,17,21,32H,10-12H2,1-2H3,(H,33,34)/t13-,14?,21+/m0/s1. The first-order valence-electron chi connectivity index (χ1n) is 10.8. The Morgan fingerprint density at radius 3 is 2.29 bits per heavy atom. The molecule has 1 unspecified atom stereocenters. The van der Waals surface area contributed by atoms with E-state index in [1.165, 1.54) is 13.0 Å². The van der Waals surface area contributed by atoms with E-state index >= 15 is 0 Å². The van der Waals surface area contributed by atoms with Crippen molar-refractivity contribution in [2.75, 3.05) is 13.1 Å². The number of carboxylic acids is 1. The third kappa shape index (κ3) is 6.46. The second-order valence-corrected chi connectivity index (χ2v) is 8.79. The molecule has 0 saturated carbocycles. The summed E-state index contributed by atoms with van der Waals surface area (Å²) in [5, 5.41) is 19.3. The molecule has 2 aromatic carbocycles. The smallest absolute Gasteiger partial charge is 0.416 e. The summed E-state index contributed by atoms with van der Waals surface area (Å²) in [5.41, 5.74) is -2.30. The minimum Gasteiger partial charge on any atom is -0.490 e. The van der Waals surface area contributed by atoms with Crippen LogP contribution in [0.4, 0.5) is 26.3 Å². The average molecular weight is 505 g/mol. The van der Waals surface area contributed by atoms with Gasteiger partial charge in [-0.25, -0.2) is 0 Å². The highest BCUT2D eigenvalue weighted by atomic mass is 19.4. The van der Waals surface area contributed by atoms with E-state index in [1.807, 2.05) is 0 Å². The van der Waals surface area contributed by atoms with Gasteiger partial charge in [0.1, 0.15) is 11.9 Å². The number of aliphatic carboxylic acids is 1. The van der Waals surface area contributed by atoms with Crippen LogP contribution in [0.1, 0.15) is 42.2 Å². The van der Waals surface area contributed by atoms with Crippen molar-refractivity contribution in [1.82, 2.24) is 4.90 Å². The quantitative estimate of drug-likeness (QED) is 0.472. The first-order valence-corrected chi connectivity index (χ1v) is 10.8. The van der Waals surface area contributed by atoms with E-state index in [2.05, 4.69) is 0 Å². The zero-order valence-electron chi connectivity index (χ0n) is 18.9. The van der Waals surface area contributed by atoms with Crippen LogP contribution in [0.25, 0.3) is 0 Å². The normalized spacial score (nSPS) is 18.0. The third-order valence-corrected chi connectivity index (χ3v) is 6.17. The number of rotatable bonds is 8. The van der Waals surface area contributed by atoms with E-state index in [0.29, 0.717) is 42.6 Å². The fourth-order valence-electron chi connectivity index (χ4n) is 3.96. The molecule has 35 heavy (non-hydrogen) atoms. The van der Waals surface area contributed by atoms with Crippen molar-refractivity contribution in [3.05, 3.63) is 64.7 Å². The Bertz CT molecular complexity index is 1050. The molecule has 1 saturated heterocycles. The Morgan fingerprint density at radius 1 is 1.06 bits per heavy atom. The highest BCUT2D eigenvalue weighted by Gasteiger charge is 2.39. The van der Waals surface area contributed by atoms with Gasteiger partial charge in [-0.3, -0.25) is 9.69 Å². The summed E-state index contributed by atoms with van der Waals surface area (Å²) in [4.78, 5) is 12.7. The lowest BCUT2D eigenvalue weighted by molar-refractivity contribution is -0.145. The largest absolute Gasteiger partial charge is 0.490 e. The number of ether oxygens (including phenoxy) is 1. The summed E-state index contributed by atoms with van der Waals surface area (Å²) >= 11 is 0. The Morgan fingerprint density at radius 2 is 1.71 bits per heavy atom. The average Bonchev–Trinajstić information content (AvgIpc) is 2.73. The van der Waals surface area contributed by atoms with Gasteiger partial charge in [0.15, 0.2) is 0 Å². The number of benzene rings is 2. The Labute approximate surface area is 197 Å². The van der Waals surface area contributed by atoms with E-state index in [9.17, 15) is 36.2 Å². The van der Waals surface area contributed by atoms with Crippen LogP contribution in [-0.4, -0.2) is 40.3 Å². The molecule has 0 amide bonds. The van der Waals surface area contributed by atoms with E-state index in [0.717, 1.165) is 0 Å². The van der Waals surface area contributed by atoms with Crippen LogP contribution < -0.4 is 4.74 Å². The molecule has 2 aromatic rings. The van der Waals surface area contributed by atoms with Crippen molar-refractivity contribution in [1.29, 1.82) is 0 Å². The Hall–Kier alpha value is -2.79. The number of nitrogens with zero attached hydrogens (tertiary/aromatic N) is 1. The summed E-state index contributed by atoms with van der Waals surface area (Å²) in [6.45, 7) is 3.51. The molecule has 5 nitrogen and oxygen atoms in total. The Balaban J connectivity index is 1.63. The van der Waals surface area contributed by atoms with Crippen LogP contribution in [0.2, 0.25) is 0 Å². The number of hydrogen-bond acceptors (Lipinski definition) is 4. The van der Waals surface area contributed by atoms with Crippen molar-refractivity contribution in [3.8, 4) is 5.75 Å². The summed E-state index contributed by atoms with van der Waals surface area (Å²) in [6, 6.07) is 7.78. The van der Waals surface area contributed by atoms with Gasteiger partial charge < -0.3 is 14.9 Å². The van der Waals surface area contributed by atoms with Crippen LogP contribution in [0.5, 0.6) is 5.75 Å². The summed E-state index contributed by atoms with van der Waals surface area (Å²) in [6.07, 6.45) is -11.1. The van der Waals surface area contributed by atoms with Crippen molar-refractivity contribution in [3.63, 3.8) is 0 Å². The van der Waals surface area contributed by atoms with Crippen molar-refractivity contribution >= 4 is 5.97 Å². The second kappa shape index (κ2) is 10.1. The van der Waals surface area contributed by atoms with Gasteiger partial charge >= 0.3 is 18.3 Å². The van der Waals surface area contributed by atoms with E-state index in [1.54, 1.807) is 30.0 Å². The number of aliphatic hydroxyl groups is 1. The van der Waals surface area contributed by atoms with Gasteiger partial charge in [-0.05, 0) is 55.3 Å². The van der Waals surface area contributed by atoms with Gasteiger partial charge in [0.25, 0.3) is 0 Å². The van der Waals surface area contributed by atoms with Crippen molar-refractivity contribution in [2.45, 2.75) is 45.0 Å². The molecule has 0 radical (unpaired) electrons. The maximum Gasteiger partial charge on any atom is 0.416 e. The van der Waals surface area contributed by atoms with Crippen LogP contribution in [0.15, 0.2) is 42.5 Å². The van der Waals surface area contributed by atoms with Gasteiger partial charge in [0.2, 0.25) is 0 Å². The fourth-order valence-corrected chi connectivity index (χ4v) is 3.96. The molecule has 0 bridgehead atoms. The van der Waals surface area contributed by atoms with E-state index in [-0.39, 0.29) is 18.6 Å². The molecule has 0 spiro atoms. The van der Waals surface area contributed by atoms with Gasteiger partial charge in [-0.1, -0.05) is 12.1 Å². The molecule has 1 heterocycles. The Kier molecular flexibility index (Phi) is 7.71. The molecule has 1 aliphatic heterocycles. The number of carboxylic acid groups (broad SMARTS) is 1. The number of halogens is 6. The van der Waals surface area contributed by atoms with Gasteiger partial charge in [-0.2, -0.15) is 26.3 Å². The zero-order valence-corrected chi connectivity index (χ0v) is 18.9. The molecule has 11 heteroatoms.